The molecule has 0 bridgehead atoms. The van der Waals surface area contributed by atoms with Gasteiger partial charge in [-0.05, 0) is 37.3 Å². The zero-order valence-electron chi connectivity index (χ0n) is 23.1. The molecule has 1 aromatic heterocycles. The van der Waals surface area contributed by atoms with Gasteiger partial charge in [-0.25, -0.2) is 4.98 Å². The highest BCUT2D eigenvalue weighted by molar-refractivity contribution is 7.13. The Balaban J connectivity index is 1.77. The molecule has 0 radical (unpaired) electrons. The van der Waals surface area contributed by atoms with Crippen LogP contribution in [0.1, 0.15) is 72.2 Å². The number of rotatable bonds is 7. The second-order valence-electron chi connectivity index (χ2n) is 11.8. The van der Waals surface area contributed by atoms with Crippen molar-refractivity contribution in [2.75, 3.05) is 6.54 Å². The minimum Gasteiger partial charge on any atom is -0.388 e. The fourth-order valence-corrected chi connectivity index (χ4v) is 5.36. The number of benzene rings is 1. The summed E-state index contributed by atoms with van der Waals surface area (Å²) >= 11 is 1.59. The largest absolute Gasteiger partial charge is 0.388 e. The number of aliphatic hydroxyl groups is 1. The van der Waals surface area contributed by atoms with Crippen LogP contribution in [0.25, 0.3) is 10.4 Å². The number of carbonyl (C=O) groups is 3. The summed E-state index contributed by atoms with van der Waals surface area (Å²) in [6.45, 7) is 14.7. The van der Waals surface area contributed by atoms with Crippen molar-refractivity contribution in [3.05, 3.63) is 41.0 Å². The highest BCUT2D eigenvalue weighted by atomic mass is 32.1. The first kappa shape index (κ1) is 28.8. The molecule has 9 heteroatoms. The van der Waals surface area contributed by atoms with Crippen molar-refractivity contribution in [1.82, 2.24) is 20.5 Å². The normalized spacial score (nSPS) is 21.6. The van der Waals surface area contributed by atoms with Crippen LogP contribution in [0.2, 0.25) is 0 Å². The fraction of sp³-hybridized carbons (Fsp3) is 0.571. The summed E-state index contributed by atoms with van der Waals surface area (Å²) in [5, 5.41) is 16.7. The lowest BCUT2D eigenvalue weighted by Crippen LogP contribution is -2.58. The Morgan fingerprint density at radius 3 is 2.27 bits per heavy atom. The molecule has 0 aliphatic carbocycles. The third-order valence-corrected chi connectivity index (χ3v) is 7.78. The molecule has 1 fully saturated rings. The van der Waals surface area contributed by atoms with Crippen LogP contribution in [-0.2, 0) is 14.4 Å². The van der Waals surface area contributed by atoms with E-state index in [9.17, 15) is 19.5 Å². The maximum absolute atomic E-state index is 13.7. The first-order chi connectivity index (χ1) is 17.1. The molecule has 1 aromatic carbocycles. The topological polar surface area (TPSA) is 112 Å². The van der Waals surface area contributed by atoms with Gasteiger partial charge in [-0.15, -0.1) is 11.3 Å². The van der Waals surface area contributed by atoms with E-state index in [2.05, 4.69) is 15.6 Å². The smallest absolute Gasteiger partial charge is 0.246 e. The average Bonchev–Trinajstić information content (AvgIpc) is 3.38. The van der Waals surface area contributed by atoms with E-state index >= 15 is 0 Å². The maximum atomic E-state index is 13.7. The summed E-state index contributed by atoms with van der Waals surface area (Å²) in [5.74, 6) is -1.21. The van der Waals surface area contributed by atoms with Gasteiger partial charge in [-0.2, -0.15) is 0 Å². The van der Waals surface area contributed by atoms with E-state index < -0.39 is 23.1 Å². The van der Waals surface area contributed by atoms with Gasteiger partial charge in [0.05, 0.1) is 34.3 Å². The molecule has 3 N–H and O–H groups in total. The van der Waals surface area contributed by atoms with Crippen molar-refractivity contribution in [1.29, 1.82) is 0 Å². The van der Waals surface area contributed by atoms with Crippen molar-refractivity contribution in [3.8, 4) is 10.4 Å². The minimum absolute atomic E-state index is 0.0192. The quantitative estimate of drug-likeness (QED) is 0.506. The number of nitrogens with zero attached hydrogens (tertiary/aromatic N) is 2. The SMILES string of the molecule is Cc1ncsc1-c1ccc([C@H](C)NC(=O)[C@@H]2C[C@@](C)(O)CN2C(=O)[C@@H](NC(=O)C(C)C)C(C)(C)C)cc1. The third kappa shape index (κ3) is 6.76. The van der Waals surface area contributed by atoms with E-state index in [0.717, 1.165) is 21.7 Å². The first-order valence-electron chi connectivity index (χ1n) is 12.7. The van der Waals surface area contributed by atoms with Crippen LogP contribution in [-0.4, -0.2) is 56.9 Å². The molecule has 2 aromatic rings. The molecule has 3 amide bonds. The predicted octanol–water partition coefficient (Wildman–Crippen LogP) is 3.83. The predicted molar refractivity (Wildman–Crippen MR) is 146 cm³/mol. The number of nitrogens with one attached hydrogen (secondary N) is 2. The van der Waals surface area contributed by atoms with Gasteiger partial charge in [0, 0.05) is 12.3 Å². The minimum atomic E-state index is -1.21. The number of carbonyl (C=O) groups excluding carboxylic acids is 3. The molecule has 1 aliphatic heterocycles. The Labute approximate surface area is 223 Å². The van der Waals surface area contributed by atoms with Crippen LogP contribution in [0.4, 0.5) is 0 Å². The number of β-amino-alcohol motifs (C(OH)–C–C–N with tert-alkyl or cyclic N) is 1. The van der Waals surface area contributed by atoms with Crippen LogP contribution in [0.5, 0.6) is 0 Å². The number of likely N-dealkylation sites (tertiary alicyclic amines) is 1. The van der Waals surface area contributed by atoms with E-state index in [4.69, 9.17) is 0 Å². The molecule has 0 spiro atoms. The molecule has 202 valence electrons. The van der Waals surface area contributed by atoms with Gasteiger partial charge in [0.1, 0.15) is 12.1 Å². The zero-order chi connectivity index (χ0) is 27.7. The van der Waals surface area contributed by atoms with E-state index in [1.807, 2.05) is 64.4 Å². The van der Waals surface area contributed by atoms with Crippen LogP contribution < -0.4 is 10.6 Å². The Bertz CT molecular complexity index is 1130. The van der Waals surface area contributed by atoms with E-state index in [1.54, 1.807) is 32.1 Å². The Morgan fingerprint density at radius 2 is 1.76 bits per heavy atom. The van der Waals surface area contributed by atoms with Crippen molar-refractivity contribution in [3.63, 3.8) is 0 Å². The lowest BCUT2D eigenvalue weighted by Gasteiger charge is -2.36. The van der Waals surface area contributed by atoms with Gasteiger partial charge in [-0.1, -0.05) is 58.9 Å². The summed E-state index contributed by atoms with van der Waals surface area (Å²) in [5.41, 5.74) is 3.02. The monoisotopic (exact) mass is 528 g/mol. The lowest BCUT2D eigenvalue weighted by atomic mass is 9.85. The van der Waals surface area contributed by atoms with Gasteiger partial charge in [0.2, 0.25) is 17.7 Å². The first-order valence-corrected chi connectivity index (χ1v) is 13.6. The molecule has 37 heavy (non-hydrogen) atoms. The fourth-order valence-electron chi connectivity index (χ4n) is 4.55. The van der Waals surface area contributed by atoms with Crippen LogP contribution in [0, 0.1) is 18.3 Å². The summed E-state index contributed by atoms with van der Waals surface area (Å²) in [6, 6.07) is 6.01. The standard InChI is InChI=1S/C28H40N4O4S/c1-16(2)24(33)31-23(27(5,6)7)26(35)32-14-28(8,36)13-21(32)25(34)30-17(3)19-9-11-20(12-10-19)22-18(4)29-15-37-22/h9-12,15-17,21,23,36H,13-14H2,1-8H3,(H,30,34)(H,31,33)/t17-,21-,23+,28+/m0/s1. The molecule has 8 nitrogen and oxygen atoms in total. The summed E-state index contributed by atoms with van der Waals surface area (Å²) in [4.78, 5) is 46.4. The number of amides is 3. The summed E-state index contributed by atoms with van der Waals surface area (Å²) < 4.78 is 0. The van der Waals surface area contributed by atoms with Crippen LogP contribution in [0.3, 0.4) is 0 Å². The third-order valence-electron chi connectivity index (χ3n) is 6.81. The molecule has 1 aliphatic rings. The van der Waals surface area contributed by atoms with Gasteiger partial charge in [-0.3, -0.25) is 14.4 Å². The summed E-state index contributed by atoms with van der Waals surface area (Å²) in [7, 11) is 0. The molecular weight excluding hydrogens is 488 g/mol. The van der Waals surface area contributed by atoms with Gasteiger partial charge in [0.15, 0.2) is 0 Å². The number of aromatic nitrogens is 1. The zero-order valence-corrected chi connectivity index (χ0v) is 23.9. The molecular formula is C28H40N4O4S. The van der Waals surface area contributed by atoms with Crippen molar-refractivity contribution < 1.29 is 19.5 Å². The molecule has 0 saturated carbocycles. The average molecular weight is 529 g/mol. The number of thiazole rings is 1. The van der Waals surface area contributed by atoms with Gasteiger partial charge in [0.25, 0.3) is 0 Å². The molecule has 0 unspecified atom stereocenters. The molecule has 4 atom stereocenters. The summed E-state index contributed by atoms with van der Waals surface area (Å²) in [6.07, 6.45) is 0.121. The molecule has 2 heterocycles. The highest BCUT2D eigenvalue weighted by Crippen LogP contribution is 2.32. The Kier molecular flexibility index (Phi) is 8.49. The van der Waals surface area contributed by atoms with Crippen molar-refractivity contribution in [2.45, 2.75) is 85.5 Å². The van der Waals surface area contributed by atoms with Crippen molar-refractivity contribution in [2.24, 2.45) is 11.3 Å². The van der Waals surface area contributed by atoms with Crippen molar-refractivity contribution >= 4 is 29.1 Å². The second kappa shape index (κ2) is 10.9. The number of hydrogen-bond donors (Lipinski definition) is 3. The Hall–Kier alpha value is -2.78. The number of hydrogen-bond acceptors (Lipinski definition) is 6. The Morgan fingerprint density at radius 1 is 1.14 bits per heavy atom. The molecule has 3 rings (SSSR count). The lowest BCUT2D eigenvalue weighted by molar-refractivity contribution is -0.144. The highest BCUT2D eigenvalue weighted by Gasteiger charge is 2.48. The number of aryl methyl sites for hydroxylation is 1. The second-order valence-corrected chi connectivity index (χ2v) is 12.6. The van der Waals surface area contributed by atoms with E-state index in [1.165, 1.54) is 4.90 Å². The van der Waals surface area contributed by atoms with E-state index in [-0.39, 0.29) is 42.6 Å². The van der Waals surface area contributed by atoms with Gasteiger partial charge >= 0.3 is 0 Å². The van der Waals surface area contributed by atoms with Crippen LogP contribution >= 0.6 is 11.3 Å². The maximum Gasteiger partial charge on any atom is 0.246 e. The van der Waals surface area contributed by atoms with Crippen LogP contribution in [0.15, 0.2) is 29.8 Å². The van der Waals surface area contributed by atoms with E-state index in [0.29, 0.717) is 0 Å². The van der Waals surface area contributed by atoms with Gasteiger partial charge < -0.3 is 20.6 Å². The molecule has 1 saturated heterocycles.